The van der Waals surface area contributed by atoms with E-state index in [1.54, 1.807) is 30.3 Å². The van der Waals surface area contributed by atoms with E-state index in [9.17, 15) is 27.2 Å². The minimum atomic E-state index is -5.03. The zero-order chi connectivity index (χ0) is 22.8. The van der Waals surface area contributed by atoms with Crippen molar-refractivity contribution in [2.45, 2.75) is 6.36 Å². The van der Waals surface area contributed by atoms with Gasteiger partial charge in [0, 0.05) is 5.56 Å². The van der Waals surface area contributed by atoms with Crippen LogP contribution >= 0.6 is 0 Å². The molecule has 31 heavy (non-hydrogen) atoms. The summed E-state index contributed by atoms with van der Waals surface area (Å²) in [6.07, 6.45) is -5.03. The van der Waals surface area contributed by atoms with Crippen LogP contribution in [0.3, 0.4) is 0 Å². The Labute approximate surface area is 172 Å². The normalized spacial score (nSPS) is 11.2. The molecule has 162 valence electrons. The Bertz CT molecular complexity index is 1130. The molecule has 3 aromatic rings. The average Bonchev–Trinajstić information content (AvgIpc) is 3.14. The maximum Gasteiger partial charge on any atom is 0.573 e. The molecule has 0 spiro atoms. The number of hydrogen-bond donors (Lipinski definition) is 0. The summed E-state index contributed by atoms with van der Waals surface area (Å²) in [4.78, 5) is 25.0. The van der Waals surface area contributed by atoms with E-state index in [2.05, 4.69) is 9.84 Å². The fourth-order valence-electron chi connectivity index (χ4n) is 2.83. The van der Waals surface area contributed by atoms with E-state index in [4.69, 9.17) is 9.47 Å². The summed E-state index contributed by atoms with van der Waals surface area (Å²) in [6, 6.07) is 10.2. The van der Waals surface area contributed by atoms with Crippen molar-refractivity contribution in [1.82, 2.24) is 9.78 Å². The number of nitrogens with zero attached hydrogens (tertiary/aromatic N) is 2. The van der Waals surface area contributed by atoms with E-state index < -0.39 is 52.4 Å². The van der Waals surface area contributed by atoms with Gasteiger partial charge in [-0.05, 0) is 30.3 Å². The van der Waals surface area contributed by atoms with Crippen molar-refractivity contribution >= 4 is 11.9 Å². The number of benzene rings is 2. The molecule has 0 aliphatic heterocycles. The number of para-hydroxylation sites is 1. The number of alkyl halides is 3. The van der Waals surface area contributed by atoms with Crippen LogP contribution in [0.25, 0.3) is 16.9 Å². The number of aromatic nitrogens is 2. The number of esters is 2. The predicted molar refractivity (Wildman–Crippen MR) is 98.3 cm³/mol. The van der Waals surface area contributed by atoms with Gasteiger partial charge in [-0.1, -0.05) is 18.2 Å². The summed E-state index contributed by atoms with van der Waals surface area (Å²) < 4.78 is 66.7. The molecule has 0 bridgehead atoms. The molecule has 0 saturated heterocycles. The van der Waals surface area contributed by atoms with Crippen LogP contribution in [-0.2, 0) is 9.47 Å². The smallest absolute Gasteiger partial charge is 0.465 e. The van der Waals surface area contributed by atoms with Gasteiger partial charge in [0.2, 0.25) is 0 Å². The molecule has 1 aromatic heterocycles. The molecular weight excluding hydrogens is 424 g/mol. The quantitative estimate of drug-likeness (QED) is 0.440. The van der Waals surface area contributed by atoms with Crippen molar-refractivity contribution in [3.63, 3.8) is 0 Å². The highest BCUT2D eigenvalue weighted by Crippen LogP contribution is 2.34. The zero-order valence-corrected chi connectivity index (χ0v) is 16.1. The molecule has 0 unspecified atom stereocenters. The van der Waals surface area contributed by atoms with Gasteiger partial charge in [-0.15, -0.1) is 13.2 Å². The Morgan fingerprint density at radius 2 is 1.61 bits per heavy atom. The molecule has 0 aliphatic rings. The Kier molecular flexibility index (Phi) is 5.95. The van der Waals surface area contributed by atoms with Crippen LogP contribution in [-0.4, -0.2) is 42.3 Å². The van der Waals surface area contributed by atoms with Gasteiger partial charge in [0.1, 0.15) is 22.8 Å². The summed E-state index contributed by atoms with van der Waals surface area (Å²) in [7, 11) is 2.08. The van der Waals surface area contributed by atoms with E-state index in [1.165, 1.54) is 0 Å². The highest BCUT2D eigenvalue weighted by atomic mass is 19.4. The average molecular weight is 438 g/mol. The molecule has 0 fully saturated rings. The van der Waals surface area contributed by atoms with Crippen LogP contribution in [0.5, 0.6) is 5.75 Å². The molecule has 7 nitrogen and oxygen atoms in total. The van der Waals surface area contributed by atoms with Crippen molar-refractivity contribution < 1.29 is 41.4 Å². The van der Waals surface area contributed by atoms with Gasteiger partial charge in [-0.3, -0.25) is 0 Å². The van der Waals surface area contributed by atoms with E-state index >= 15 is 0 Å². The minimum Gasteiger partial charge on any atom is -0.465 e. The van der Waals surface area contributed by atoms with E-state index in [1.807, 2.05) is 0 Å². The number of hydrogen-bond acceptors (Lipinski definition) is 6. The van der Waals surface area contributed by atoms with E-state index in [0.717, 1.165) is 31.0 Å². The molecule has 0 amide bonds. The fraction of sp³-hybridized carbons (Fsp3) is 0.150. The molecule has 3 rings (SSSR count). The van der Waals surface area contributed by atoms with Crippen LogP contribution in [0.15, 0.2) is 48.5 Å². The first-order valence-corrected chi connectivity index (χ1v) is 8.57. The molecule has 1 heterocycles. The number of halogens is 4. The number of rotatable bonds is 5. The second-order valence-corrected chi connectivity index (χ2v) is 5.99. The first-order chi connectivity index (χ1) is 14.7. The van der Waals surface area contributed by atoms with Crippen molar-refractivity contribution in [2.75, 3.05) is 14.2 Å². The summed E-state index contributed by atoms with van der Waals surface area (Å²) in [5, 5.41) is 4.13. The predicted octanol–water partition coefficient (Wildman–Crippen LogP) is 4.15. The SMILES string of the molecule is COC(=O)c1c(-c2cc(OC(F)(F)F)ccc2F)nn(-c2ccccc2)c1C(=O)OC. The second-order valence-electron chi connectivity index (χ2n) is 5.99. The maximum absolute atomic E-state index is 14.6. The molecule has 0 radical (unpaired) electrons. The number of ether oxygens (including phenoxy) is 3. The van der Waals surface area contributed by atoms with Gasteiger partial charge in [-0.2, -0.15) is 5.10 Å². The Morgan fingerprint density at radius 1 is 0.968 bits per heavy atom. The summed E-state index contributed by atoms with van der Waals surface area (Å²) in [6.45, 7) is 0. The third-order valence-electron chi connectivity index (χ3n) is 4.08. The first-order valence-electron chi connectivity index (χ1n) is 8.57. The van der Waals surface area contributed by atoms with Gasteiger partial charge >= 0.3 is 18.3 Å². The first kappa shape index (κ1) is 21.8. The van der Waals surface area contributed by atoms with Gasteiger partial charge in [0.15, 0.2) is 5.69 Å². The van der Waals surface area contributed by atoms with Crippen molar-refractivity contribution in [2.24, 2.45) is 0 Å². The van der Waals surface area contributed by atoms with Crippen LogP contribution in [0.4, 0.5) is 17.6 Å². The third kappa shape index (κ3) is 4.49. The molecule has 0 atom stereocenters. The molecule has 0 saturated carbocycles. The molecule has 0 aliphatic carbocycles. The Hall–Kier alpha value is -3.89. The summed E-state index contributed by atoms with van der Waals surface area (Å²) >= 11 is 0. The molecule has 0 N–H and O–H groups in total. The minimum absolute atomic E-state index is 0.308. The van der Waals surface area contributed by atoms with Crippen LogP contribution < -0.4 is 4.74 Å². The lowest BCUT2D eigenvalue weighted by molar-refractivity contribution is -0.274. The van der Waals surface area contributed by atoms with E-state index in [-0.39, 0.29) is 0 Å². The van der Waals surface area contributed by atoms with Crippen LogP contribution in [0.1, 0.15) is 20.8 Å². The van der Waals surface area contributed by atoms with Crippen molar-refractivity contribution in [3.05, 3.63) is 65.6 Å². The topological polar surface area (TPSA) is 79.7 Å². The summed E-state index contributed by atoms with van der Waals surface area (Å²) in [5.41, 5.74) is -1.51. The van der Waals surface area contributed by atoms with E-state index in [0.29, 0.717) is 11.8 Å². The number of methoxy groups -OCH3 is 2. The zero-order valence-electron chi connectivity index (χ0n) is 16.1. The van der Waals surface area contributed by atoms with Crippen molar-refractivity contribution in [1.29, 1.82) is 0 Å². The second kappa shape index (κ2) is 8.46. The molecule has 2 aromatic carbocycles. The van der Waals surface area contributed by atoms with Gasteiger partial charge < -0.3 is 14.2 Å². The van der Waals surface area contributed by atoms with Crippen LogP contribution in [0.2, 0.25) is 0 Å². The standard InChI is InChI=1S/C20H14F4N2O5/c1-29-18(27)15-16(13-10-12(8-9-14(13)21)31-20(22,23)24)25-26(17(15)19(28)30-2)11-6-4-3-5-7-11/h3-10H,1-2H3. The number of carbonyl (C=O) groups is 2. The van der Waals surface area contributed by atoms with Gasteiger partial charge in [0.05, 0.1) is 19.9 Å². The maximum atomic E-state index is 14.6. The van der Waals surface area contributed by atoms with Crippen LogP contribution in [0, 0.1) is 5.82 Å². The largest absolute Gasteiger partial charge is 0.573 e. The molecule has 11 heteroatoms. The fourth-order valence-corrected chi connectivity index (χ4v) is 2.83. The molecular formula is C20H14F4N2O5. The third-order valence-corrected chi connectivity index (χ3v) is 4.08. The van der Waals surface area contributed by atoms with Gasteiger partial charge in [-0.25, -0.2) is 18.7 Å². The lowest BCUT2D eigenvalue weighted by atomic mass is 10.0. The Morgan fingerprint density at radius 3 is 2.19 bits per heavy atom. The Balaban J connectivity index is 2.33. The lowest BCUT2D eigenvalue weighted by Crippen LogP contribution is -2.17. The highest BCUT2D eigenvalue weighted by Gasteiger charge is 2.34. The van der Waals surface area contributed by atoms with Crippen molar-refractivity contribution in [3.8, 4) is 22.7 Å². The summed E-state index contributed by atoms with van der Waals surface area (Å²) in [5.74, 6) is -3.81. The monoisotopic (exact) mass is 438 g/mol. The van der Waals surface area contributed by atoms with Gasteiger partial charge in [0.25, 0.3) is 0 Å². The lowest BCUT2D eigenvalue weighted by Gasteiger charge is -2.10. The number of carbonyl (C=O) groups excluding carboxylic acids is 2. The highest BCUT2D eigenvalue weighted by molar-refractivity contribution is 6.06.